The van der Waals surface area contributed by atoms with Gasteiger partial charge in [-0.05, 0) is 50.0 Å². The van der Waals surface area contributed by atoms with Crippen molar-refractivity contribution in [3.63, 3.8) is 0 Å². The van der Waals surface area contributed by atoms with Crippen LogP contribution in [0.15, 0.2) is 0 Å². The summed E-state index contributed by atoms with van der Waals surface area (Å²) in [7, 11) is 0. The topological polar surface area (TPSA) is 115 Å². The number of carboxylic acids is 1. The predicted molar refractivity (Wildman–Crippen MR) is 98.2 cm³/mol. The second-order valence-corrected chi connectivity index (χ2v) is 8.38. The van der Waals surface area contributed by atoms with Gasteiger partial charge in [-0.3, -0.25) is 9.59 Å². The molecule has 2 fully saturated rings. The summed E-state index contributed by atoms with van der Waals surface area (Å²) in [5, 5.41) is 18.9. The van der Waals surface area contributed by atoms with Crippen molar-refractivity contribution < 1.29 is 24.8 Å². The minimum atomic E-state index is -1.22. The molecule has 0 radical (unpaired) electrons. The molecule has 0 spiro atoms. The molecule has 2 atom stereocenters. The molecule has 8 heteroatoms. The second kappa shape index (κ2) is 10.8. The lowest BCUT2D eigenvalue weighted by Gasteiger charge is -2.29. The number of nitrogens with one attached hydrogen (secondary N) is 2. The van der Waals surface area contributed by atoms with E-state index < -0.39 is 12.0 Å². The van der Waals surface area contributed by atoms with Crippen molar-refractivity contribution in [2.75, 3.05) is 25.1 Å². The zero-order valence-electron chi connectivity index (χ0n) is 15.5. The Morgan fingerprint density at radius 1 is 1.15 bits per heavy atom. The first-order valence-electron chi connectivity index (χ1n) is 9.62. The number of nitrogens with two attached hydrogens (primary N) is 1. The molecule has 1 saturated heterocycles. The minimum absolute atomic E-state index is 0.0694. The van der Waals surface area contributed by atoms with E-state index in [0.29, 0.717) is 24.6 Å². The first kappa shape index (κ1) is 21.0. The van der Waals surface area contributed by atoms with Gasteiger partial charge in [0.05, 0.1) is 18.6 Å². The van der Waals surface area contributed by atoms with Gasteiger partial charge in [-0.25, -0.2) is 0 Å². The number of quaternary nitrogens is 1. The molecule has 7 nitrogen and oxygen atoms in total. The van der Waals surface area contributed by atoms with Crippen LogP contribution in [0.4, 0.5) is 0 Å². The third kappa shape index (κ3) is 6.46. The standard InChI is InChI=1S/C18H31N3O4S/c1-26-10-8-15(18(24)25)21-16(22)13-6-4-12(5-7-13)11-20-17(23)14-3-2-9-19-14/h12-15,19H,2-11H2,1H3,(H,20,23)(H,21,22)(H,24,25)/t12?,13?,14-,15-/m0/s1. The molecule has 0 aromatic heterocycles. The van der Waals surface area contributed by atoms with Crippen LogP contribution >= 0.6 is 11.8 Å². The number of carbonyl (C=O) groups excluding carboxylic acids is 3. The Hall–Kier alpha value is -1.28. The zero-order valence-corrected chi connectivity index (χ0v) is 16.3. The number of amides is 2. The van der Waals surface area contributed by atoms with Crippen LogP contribution in [0.25, 0.3) is 0 Å². The molecule has 2 aliphatic rings. The molecule has 0 unspecified atom stereocenters. The highest BCUT2D eigenvalue weighted by Gasteiger charge is 2.30. The van der Waals surface area contributed by atoms with Crippen molar-refractivity contribution in [3.05, 3.63) is 0 Å². The van der Waals surface area contributed by atoms with E-state index >= 15 is 0 Å². The van der Waals surface area contributed by atoms with E-state index in [1.807, 2.05) is 6.26 Å². The second-order valence-electron chi connectivity index (χ2n) is 7.40. The smallest absolute Gasteiger partial charge is 0.278 e. The maximum absolute atomic E-state index is 12.3. The SMILES string of the molecule is CSCC[C@H](NC(=O)C1CCC(CNC(=O)[C@@H]2CCC[NH2+]2)CC1)C(=O)[O-]. The molecule has 2 rings (SSSR count). The van der Waals surface area contributed by atoms with Gasteiger partial charge in [0.1, 0.15) is 0 Å². The summed E-state index contributed by atoms with van der Waals surface area (Å²) < 4.78 is 0. The highest BCUT2D eigenvalue weighted by atomic mass is 32.2. The average Bonchev–Trinajstić information content (AvgIpc) is 3.18. The first-order chi connectivity index (χ1) is 12.5. The third-order valence-corrected chi connectivity index (χ3v) is 6.15. The summed E-state index contributed by atoms with van der Waals surface area (Å²) in [6.07, 6.45) is 7.58. The number of carboxylic acid groups (broad SMARTS) is 1. The number of hydrogen-bond donors (Lipinski definition) is 3. The fourth-order valence-electron chi connectivity index (χ4n) is 3.79. The quantitative estimate of drug-likeness (QED) is 0.453. The van der Waals surface area contributed by atoms with Gasteiger partial charge < -0.3 is 25.9 Å². The molecule has 1 heterocycles. The minimum Gasteiger partial charge on any atom is -0.548 e. The molecule has 4 N–H and O–H groups in total. The van der Waals surface area contributed by atoms with Crippen LogP contribution in [0, 0.1) is 11.8 Å². The van der Waals surface area contributed by atoms with Gasteiger partial charge >= 0.3 is 0 Å². The maximum atomic E-state index is 12.3. The number of thioether (sulfide) groups is 1. The average molecular weight is 386 g/mol. The fraction of sp³-hybridized carbons (Fsp3) is 0.833. The van der Waals surface area contributed by atoms with E-state index in [-0.39, 0.29) is 23.8 Å². The number of carbonyl (C=O) groups is 3. The van der Waals surface area contributed by atoms with Gasteiger partial charge in [0.2, 0.25) is 5.91 Å². The van der Waals surface area contributed by atoms with Crippen molar-refractivity contribution in [2.24, 2.45) is 11.8 Å². The first-order valence-corrected chi connectivity index (χ1v) is 11.0. The van der Waals surface area contributed by atoms with Crippen LogP contribution < -0.4 is 21.1 Å². The van der Waals surface area contributed by atoms with Crippen LogP contribution in [0.1, 0.15) is 44.9 Å². The lowest BCUT2D eigenvalue weighted by Crippen LogP contribution is -2.89. The van der Waals surface area contributed by atoms with E-state index in [9.17, 15) is 19.5 Å². The molecule has 0 aromatic carbocycles. The van der Waals surface area contributed by atoms with E-state index in [1.54, 1.807) is 11.8 Å². The van der Waals surface area contributed by atoms with Crippen LogP contribution in [0.3, 0.4) is 0 Å². The van der Waals surface area contributed by atoms with E-state index in [4.69, 9.17) is 0 Å². The molecule has 26 heavy (non-hydrogen) atoms. The van der Waals surface area contributed by atoms with Gasteiger partial charge in [0.15, 0.2) is 6.04 Å². The molecular weight excluding hydrogens is 354 g/mol. The Morgan fingerprint density at radius 2 is 1.88 bits per heavy atom. The van der Waals surface area contributed by atoms with Crippen molar-refractivity contribution in [3.8, 4) is 0 Å². The van der Waals surface area contributed by atoms with Gasteiger partial charge in [-0.1, -0.05) is 0 Å². The predicted octanol–water partition coefficient (Wildman–Crippen LogP) is -1.38. The van der Waals surface area contributed by atoms with Crippen molar-refractivity contribution in [1.82, 2.24) is 10.6 Å². The van der Waals surface area contributed by atoms with Gasteiger partial charge in [-0.15, -0.1) is 0 Å². The van der Waals surface area contributed by atoms with Crippen LogP contribution in [0.2, 0.25) is 0 Å². The summed E-state index contributed by atoms with van der Waals surface area (Å²) >= 11 is 1.55. The summed E-state index contributed by atoms with van der Waals surface area (Å²) in [5.41, 5.74) is 0. The normalized spacial score (nSPS) is 26.9. The maximum Gasteiger partial charge on any atom is 0.278 e. The molecule has 1 saturated carbocycles. The van der Waals surface area contributed by atoms with Crippen molar-refractivity contribution in [2.45, 2.75) is 57.0 Å². The highest BCUT2D eigenvalue weighted by molar-refractivity contribution is 7.98. The van der Waals surface area contributed by atoms with Crippen molar-refractivity contribution >= 4 is 29.5 Å². The Morgan fingerprint density at radius 3 is 2.46 bits per heavy atom. The fourth-order valence-corrected chi connectivity index (χ4v) is 4.26. The lowest BCUT2D eigenvalue weighted by molar-refractivity contribution is -0.657. The number of rotatable bonds is 9. The van der Waals surface area contributed by atoms with E-state index in [2.05, 4.69) is 16.0 Å². The Bertz CT molecular complexity index is 489. The summed E-state index contributed by atoms with van der Waals surface area (Å²) in [4.78, 5) is 35.6. The highest BCUT2D eigenvalue weighted by Crippen LogP contribution is 2.28. The molecule has 2 amide bonds. The van der Waals surface area contributed by atoms with E-state index in [1.165, 1.54) is 0 Å². The molecule has 0 bridgehead atoms. The number of aliphatic carboxylic acids is 1. The van der Waals surface area contributed by atoms with Gasteiger partial charge in [-0.2, -0.15) is 11.8 Å². The molecule has 1 aliphatic carbocycles. The molecule has 0 aromatic rings. The Labute approximate surface area is 159 Å². The van der Waals surface area contributed by atoms with Crippen LogP contribution in [-0.4, -0.2) is 55.0 Å². The third-order valence-electron chi connectivity index (χ3n) is 5.50. The van der Waals surface area contributed by atoms with Gasteiger partial charge in [0.25, 0.3) is 5.91 Å². The summed E-state index contributed by atoms with van der Waals surface area (Å²) in [6.45, 7) is 1.70. The Kier molecular flexibility index (Phi) is 8.71. The molecule has 148 valence electrons. The van der Waals surface area contributed by atoms with Crippen LogP contribution in [0.5, 0.6) is 0 Å². The monoisotopic (exact) mass is 385 g/mol. The van der Waals surface area contributed by atoms with Crippen LogP contribution in [-0.2, 0) is 14.4 Å². The molecule has 1 aliphatic heterocycles. The summed E-state index contributed by atoms with van der Waals surface area (Å²) in [6, 6.07) is -0.838. The zero-order chi connectivity index (χ0) is 18.9. The Balaban J connectivity index is 1.68. The van der Waals surface area contributed by atoms with Crippen molar-refractivity contribution in [1.29, 1.82) is 0 Å². The van der Waals surface area contributed by atoms with E-state index in [0.717, 1.165) is 45.1 Å². The summed E-state index contributed by atoms with van der Waals surface area (Å²) in [5.74, 6) is -0.327. The lowest BCUT2D eigenvalue weighted by atomic mass is 9.81. The molecular formula is C18H31N3O4S. The van der Waals surface area contributed by atoms with Gasteiger partial charge in [0, 0.05) is 25.3 Å². The number of hydrogen-bond acceptors (Lipinski definition) is 5. The largest absolute Gasteiger partial charge is 0.548 e.